The van der Waals surface area contributed by atoms with Crippen molar-refractivity contribution in [1.82, 2.24) is 0 Å². The van der Waals surface area contributed by atoms with Crippen molar-refractivity contribution in [3.63, 3.8) is 0 Å². The number of benzene rings is 2. The summed E-state index contributed by atoms with van der Waals surface area (Å²) in [6, 6.07) is 14.1. The molecule has 5 heteroatoms. The van der Waals surface area contributed by atoms with E-state index < -0.39 is 11.9 Å². The van der Waals surface area contributed by atoms with E-state index >= 15 is 0 Å². The highest BCUT2D eigenvalue weighted by atomic mass is 16.5. The average molecular weight is 336 g/mol. The van der Waals surface area contributed by atoms with Crippen molar-refractivity contribution < 1.29 is 14.3 Å². The molecule has 0 spiro atoms. The minimum absolute atomic E-state index is 0.250. The molecule has 0 bridgehead atoms. The summed E-state index contributed by atoms with van der Waals surface area (Å²) < 4.78 is 5.86. The summed E-state index contributed by atoms with van der Waals surface area (Å²) in [5.41, 5.74) is 7.73. The maximum absolute atomic E-state index is 13.2. The van der Waals surface area contributed by atoms with Crippen LogP contribution in [-0.2, 0) is 11.2 Å². The molecule has 25 heavy (non-hydrogen) atoms. The van der Waals surface area contributed by atoms with Crippen molar-refractivity contribution >= 4 is 17.5 Å². The lowest BCUT2D eigenvalue weighted by molar-refractivity contribution is -0.119. The summed E-state index contributed by atoms with van der Waals surface area (Å²) in [5.74, 6) is 0.405. The van der Waals surface area contributed by atoms with E-state index in [0.717, 1.165) is 11.3 Å². The van der Waals surface area contributed by atoms with Gasteiger partial charge in [-0.1, -0.05) is 30.3 Å². The van der Waals surface area contributed by atoms with Crippen LogP contribution < -0.4 is 15.4 Å². The molecule has 2 aromatic carbocycles. The lowest BCUT2D eigenvalue weighted by atomic mass is 10.1. The number of anilines is 1. The Morgan fingerprint density at radius 2 is 1.80 bits per heavy atom. The minimum atomic E-state index is -0.665. The Labute approximate surface area is 146 Å². The van der Waals surface area contributed by atoms with E-state index in [-0.39, 0.29) is 5.91 Å². The van der Waals surface area contributed by atoms with Gasteiger partial charge in [-0.25, -0.2) is 0 Å². The monoisotopic (exact) mass is 336 g/mol. The Kier molecular flexibility index (Phi) is 3.92. The molecule has 1 saturated carbocycles. The third kappa shape index (κ3) is 2.97. The van der Waals surface area contributed by atoms with Gasteiger partial charge in [-0.3, -0.25) is 14.5 Å². The Balaban J connectivity index is 1.68. The molecule has 1 heterocycles. The number of amides is 2. The van der Waals surface area contributed by atoms with Crippen molar-refractivity contribution in [1.29, 1.82) is 0 Å². The molecule has 128 valence electrons. The molecule has 2 amide bonds. The number of nitrogens with zero attached hydrogens (tertiary/aromatic N) is 1. The number of primary amides is 1. The molecule has 0 radical (unpaired) electrons. The first-order chi connectivity index (χ1) is 12.1. The van der Waals surface area contributed by atoms with Crippen molar-refractivity contribution in [2.24, 2.45) is 11.7 Å². The number of carbonyl (C=O) groups excluding carboxylic acids is 2. The van der Waals surface area contributed by atoms with Gasteiger partial charge >= 0.3 is 0 Å². The molecule has 2 N–H and O–H groups in total. The second kappa shape index (κ2) is 6.24. The van der Waals surface area contributed by atoms with E-state index in [1.165, 1.54) is 17.7 Å². The summed E-state index contributed by atoms with van der Waals surface area (Å²) in [6.07, 6.45) is 2.81. The Bertz CT molecular complexity index is 829. The van der Waals surface area contributed by atoms with Gasteiger partial charge in [-0.2, -0.15) is 0 Å². The van der Waals surface area contributed by atoms with Crippen molar-refractivity contribution in [2.45, 2.75) is 25.3 Å². The first-order valence-electron chi connectivity index (χ1n) is 8.58. The number of ether oxygens (including phenoxy) is 1. The van der Waals surface area contributed by atoms with Gasteiger partial charge in [0.25, 0.3) is 5.91 Å². The third-order valence-electron chi connectivity index (χ3n) is 4.81. The fourth-order valence-corrected chi connectivity index (χ4v) is 3.26. The molecule has 2 aromatic rings. The fraction of sp³-hybridized carbons (Fsp3) is 0.300. The number of fused-ring (bicyclic) bond motifs is 1. The van der Waals surface area contributed by atoms with Gasteiger partial charge in [0.1, 0.15) is 11.8 Å². The molecule has 0 saturated heterocycles. The van der Waals surface area contributed by atoms with Crippen LogP contribution in [-0.4, -0.2) is 24.5 Å². The van der Waals surface area contributed by atoms with Crippen LogP contribution in [0, 0.1) is 5.92 Å². The highest BCUT2D eigenvalue weighted by Gasteiger charge is 2.38. The first-order valence-corrected chi connectivity index (χ1v) is 8.58. The Morgan fingerprint density at radius 1 is 1.08 bits per heavy atom. The molecule has 4 rings (SSSR count). The van der Waals surface area contributed by atoms with Gasteiger partial charge in [0.15, 0.2) is 0 Å². The molecule has 0 aromatic heterocycles. The van der Waals surface area contributed by atoms with E-state index in [4.69, 9.17) is 10.5 Å². The molecule has 1 atom stereocenters. The largest absolute Gasteiger partial charge is 0.492 e. The summed E-state index contributed by atoms with van der Waals surface area (Å²) in [5, 5.41) is 0. The van der Waals surface area contributed by atoms with Gasteiger partial charge in [-0.05, 0) is 42.5 Å². The van der Waals surface area contributed by atoms with Crippen LogP contribution in [0.4, 0.5) is 5.69 Å². The van der Waals surface area contributed by atoms with Gasteiger partial charge in [0.05, 0.1) is 12.2 Å². The molecular formula is C20H20N2O3. The van der Waals surface area contributed by atoms with Gasteiger partial charge < -0.3 is 10.5 Å². The topological polar surface area (TPSA) is 72.6 Å². The lowest BCUT2D eigenvalue weighted by Crippen LogP contribution is -2.46. The quantitative estimate of drug-likeness (QED) is 0.912. The molecule has 1 fully saturated rings. The Morgan fingerprint density at radius 3 is 2.56 bits per heavy atom. The zero-order valence-corrected chi connectivity index (χ0v) is 13.9. The second-order valence-electron chi connectivity index (χ2n) is 6.68. The zero-order valence-electron chi connectivity index (χ0n) is 13.9. The van der Waals surface area contributed by atoms with Crippen LogP contribution in [0.1, 0.15) is 28.8 Å². The predicted octanol–water partition coefficient (Wildman–Crippen LogP) is 2.53. The third-order valence-corrected chi connectivity index (χ3v) is 4.81. The molecule has 1 aliphatic heterocycles. The van der Waals surface area contributed by atoms with E-state index in [1.54, 1.807) is 18.2 Å². The van der Waals surface area contributed by atoms with Crippen LogP contribution in [0.2, 0.25) is 0 Å². The number of para-hydroxylation sites is 2. The van der Waals surface area contributed by atoms with E-state index in [0.29, 0.717) is 30.3 Å². The summed E-state index contributed by atoms with van der Waals surface area (Å²) in [6.45, 7) is 0.625. The summed E-state index contributed by atoms with van der Waals surface area (Å²) in [7, 11) is 0. The van der Waals surface area contributed by atoms with E-state index in [2.05, 4.69) is 0 Å². The van der Waals surface area contributed by atoms with Crippen molar-refractivity contribution in [3.8, 4) is 5.75 Å². The van der Waals surface area contributed by atoms with Crippen LogP contribution in [0.3, 0.4) is 0 Å². The standard InChI is InChI=1S/C20H20N2O3/c21-19(23)17-11-14-5-1-3-7-16(14)22(17)20(24)15-6-2-4-8-18(15)25-12-13-9-10-13/h1-8,13,17H,9-12H2,(H2,21,23)/t17-/m0/s1. The maximum Gasteiger partial charge on any atom is 0.262 e. The number of carbonyl (C=O) groups is 2. The molecule has 1 aliphatic carbocycles. The van der Waals surface area contributed by atoms with Gasteiger partial charge in [0, 0.05) is 12.1 Å². The molecule has 0 unspecified atom stereocenters. The summed E-state index contributed by atoms with van der Waals surface area (Å²) >= 11 is 0. The van der Waals surface area contributed by atoms with Crippen LogP contribution in [0.15, 0.2) is 48.5 Å². The highest BCUT2D eigenvalue weighted by Crippen LogP contribution is 2.35. The SMILES string of the molecule is NC(=O)[C@@H]1Cc2ccccc2N1C(=O)c1ccccc1OCC1CC1. The smallest absolute Gasteiger partial charge is 0.262 e. The number of hydrogen-bond acceptors (Lipinski definition) is 3. The summed E-state index contributed by atoms with van der Waals surface area (Å²) in [4.78, 5) is 26.7. The minimum Gasteiger partial charge on any atom is -0.492 e. The highest BCUT2D eigenvalue weighted by molar-refractivity contribution is 6.12. The normalized spacial score (nSPS) is 18.7. The van der Waals surface area contributed by atoms with Crippen LogP contribution in [0.25, 0.3) is 0 Å². The van der Waals surface area contributed by atoms with Gasteiger partial charge in [0.2, 0.25) is 5.91 Å². The van der Waals surface area contributed by atoms with Crippen molar-refractivity contribution in [2.75, 3.05) is 11.5 Å². The van der Waals surface area contributed by atoms with Crippen LogP contribution in [0.5, 0.6) is 5.75 Å². The van der Waals surface area contributed by atoms with E-state index in [9.17, 15) is 9.59 Å². The van der Waals surface area contributed by atoms with E-state index in [1.807, 2.05) is 30.3 Å². The fourth-order valence-electron chi connectivity index (χ4n) is 3.26. The number of rotatable bonds is 5. The van der Waals surface area contributed by atoms with Gasteiger partial charge in [-0.15, -0.1) is 0 Å². The predicted molar refractivity (Wildman–Crippen MR) is 94.6 cm³/mol. The molecular weight excluding hydrogens is 316 g/mol. The van der Waals surface area contributed by atoms with Crippen molar-refractivity contribution in [3.05, 3.63) is 59.7 Å². The number of nitrogens with two attached hydrogens (primary N) is 1. The lowest BCUT2D eigenvalue weighted by Gasteiger charge is -2.24. The number of hydrogen-bond donors (Lipinski definition) is 1. The Hall–Kier alpha value is -2.82. The first kappa shape index (κ1) is 15.7. The second-order valence-corrected chi connectivity index (χ2v) is 6.68. The van der Waals surface area contributed by atoms with Crippen LogP contribution >= 0.6 is 0 Å². The molecule has 5 nitrogen and oxygen atoms in total. The maximum atomic E-state index is 13.2. The zero-order chi connectivity index (χ0) is 17.4. The average Bonchev–Trinajstić information content (AvgIpc) is 3.37. The molecule has 2 aliphatic rings.